The van der Waals surface area contributed by atoms with Crippen LogP contribution in [0.2, 0.25) is 5.02 Å². The minimum Gasteiger partial charge on any atom is -0.495 e. The zero-order valence-corrected chi connectivity index (χ0v) is 18.3. The summed E-state index contributed by atoms with van der Waals surface area (Å²) in [5.74, 6) is -0.780. The molecule has 1 unspecified atom stereocenters. The number of halogens is 1. The highest BCUT2D eigenvalue weighted by Gasteiger charge is 2.20. The average Bonchev–Trinajstić information content (AvgIpc) is 2.68. The van der Waals surface area contributed by atoms with Gasteiger partial charge in [0.2, 0.25) is 10.0 Å². The number of hydrogen-bond donors (Lipinski definition) is 2. The van der Waals surface area contributed by atoms with E-state index >= 15 is 0 Å². The van der Waals surface area contributed by atoms with Crippen LogP contribution in [0, 0.1) is 6.92 Å². The Balaban J connectivity index is 1.86. The molecule has 0 aliphatic heterocycles. The first-order valence-corrected chi connectivity index (χ1v) is 10.9. The van der Waals surface area contributed by atoms with Gasteiger partial charge >= 0.3 is 5.97 Å². The molecule has 0 saturated carbocycles. The number of sulfonamides is 1. The van der Waals surface area contributed by atoms with Gasteiger partial charge in [-0.25, -0.2) is 13.1 Å². The number of aryl methyl sites for hydroxylation is 1. The van der Waals surface area contributed by atoms with Gasteiger partial charge < -0.3 is 14.8 Å². The summed E-state index contributed by atoms with van der Waals surface area (Å²) in [6.07, 6.45) is -1.32. The Kier molecular flexibility index (Phi) is 8.22. The lowest BCUT2D eigenvalue weighted by atomic mass is 10.2. The molecule has 0 aromatic heterocycles. The number of carbonyl (C=O) groups excluding carboxylic acids is 2. The molecule has 30 heavy (non-hydrogen) atoms. The van der Waals surface area contributed by atoms with Crippen molar-refractivity contribution in [1.82, 2.24) is 4.72 Å². The molecule has 0 spiro atoms. The van der Waals surface area contributed by atoms with E-state index < -0.39 is 28.0 Å². The van der Waals surface area contributed by atoms with E-state index in [-0.39, 0.29) is 22.9 Å². The standard InChI is InChI=1S/C20H23ClN2O6S/c1-13-7-8-18(28-3)17(11-13)23-20(25)14(2)29-19(24)9-10-22-30(26,27)16-6-4-5-15(21)12-16/h4-8,11-12,14,22H,9-10H2,1-3H3,(H,23,25). The highest BCUT2D eigenvalue weighted by molar-refractivity contribution is 7.89. The summed E-state index contributed by atoms with van der Waals surface area (Å²) in [7, 11) is -2.33. The Labute approximate surface area is 180 Å². The fourth-order valence-corrected chi connectivity index (χ4v) is 3.80. The predicted molar refractivity (Wildman–Crippen MR) is 113 cm³/mol. The number of esters is 1. The third-order valence-electron chi connectivity index (χ3n) is 4.02. The molecule has 2 aromatic rings. The topological polar surface area (TPSA) is 111 Å². The van der Waals surface area contributed by atoms with Crippen molar-refractivity contribution in [1.29, 1.82) is 0 Å². The van der Waals surface area contributed by atoms with Crippen LogP contribution in [-0.4, -0.2) is 40.1 Å². The highest BCUT2D eigenvalue weighted by Crippen LogP contribution is 2.25. The van der Waals surface area contributed by atoms with Crippen LogP contribution >= 0.6 is 11.6 Å². The number of ether oxygens (including phenoxy) is 2. The molecule has 0 aliphatic carbocycles. The quantitative estimate of drug-likeness (QED) is 0.563. The van der Waals surface area contributed by atoms with E-state index in [9.17, 15) is 18.0 Å². The molecule has 8 nitrogen and oxygen atoms in total. The van der Waals surface area contributed by atoms with Crippen LogP contribution < -0.4 is 14.8 Å². The molecule has 2 rings (SSSR count). The lowest BCUT2D eigenvalue weighted by Gasteiger charge is -2.15. The van der Waals surface area contributed by atoms with E-state index in [1.54, 1.807) is 18.2 Å². The van der Waals surface area contributed by atoms with Gasteiger partial charge in [-0.15, -0.1) is 0 Å². The maximum atomic E-state index is 12.3. The van der Waals surface area contributed by atoms with E-state index in [1.165, 1.54) is 32.2 Å². The van der Waals surface area contributed by atoms with Crippen molar-refractivity contribution in [3.05, 3.63) is 53.1 Å². The number of hydrogen-bond acceptors (Lipinski definition) is 6. The van der Waals surface area contributed by atoms with Crippen molar-refractivity contribution in [2.75, 3.05) is 19.0 Å². The van der Waals surface area contributed by atoms with Gasteiger partial charge in [0.1, 0.15) is 5.75 Å². The average molecular weight is 455 g/mol. The van der Waals surface area contributed by atoms with Gasteiger partial charge in [0.25, 0.3) is 5.91 Å². The van der Waals surface area contributed by atoms with Crippen LogP contribution in [0.4, 0.5) is 5.69 Å². The molecule has 2 N–H and O–H groups in total. The molecule has 2 aromatic carbocycles. The number of nitrogens with one attached hydrogen (secondary N) is 2. The van der Waals surface area contributed by atoms with Gasteiger partial charge in [-0.2, -0.15) is 0 Å². The lowest BCUT2D eigenvalue weighted by Crippen LogP contribution is -2.32. The van der Waals surface area contributed by atoms with Crippen LogP contribution in [0.3, 0.4) is 0 Å². The monoisotopic (exact) mass is 454 g/mol. The Morgan fingerprint density at radius 1 is 1.17 bits per heavy atom. The lowest BCUT2D eigenvalue weighted by molar-refractivity contribution is -0.152. The summed E-state index contributed by atoms with van der Waals surface area (Å²) in [6.45, 7) is 3.10. The van der Waals surface area contributed by atoms with Crippen LogP contribution in [0.15, 0.2) is 47.4 Å². The fraction of sp³-hybridized carbons (Fsp3) is 0.300. The number of benzene rings is 2. The minimum absolute atomic E-state index is 0.0109. The molecule has 10 heteroatoms. The van der Waals surface area contributed by atoms with Crippen molar-refractivity contribution < 1.29 is 27.5 Å². The Hall–Kier alpha value is -2.62. The number of carbonyl (C=O) groups is 2. The zero-order chi connectivity index (χ0) is 22.3. The molecule has 0 radical (unpaired) electrons. The van der Waals surface area contributed by atoms with E-state index in [2.05, 4.69) is 10.0 Å². The molecule has 0 fully saturated rings. The molecular formula is C20H23ClN2O6S. The molecule has 1 amide bonds. The summed E-state index contributed by atoms with van der Waals surface area (Å²) >= 11 is 5.80. The smallest absolute Gasteiger partial charge is 0.307 e. The number of rotatable bonds is 9. The van der Waals surface area contributed by atoms with Crippen molar-refractivity contribution in [2.45, 2.75) is 31.3 Å². The van der Waals surface area contributed by atoms with Crippen molar-refractivity contribution in [2.24, 2.45) is 0 Å². The number of anilines is 1. The van der Waals surface area contributed by atoms with Crippen molar-refractivity contribution >= 4 is 39.2 Å². The number of amides is 1. The fourth-order valence-electron chi connectivity index (χ4n) is 2.47. The van der Waals surface area contributed by atoms with Gasteiger partial charge in [0.05, 0.1) is 24.1 Å². The van der Waals surface area contributed by atoms with Crippen molar-refractivity contribution in [3.8, 4) is 5.75 Å². The second-order valence-electron chi connectivity index (χ2n) is 6.43. The summed E-state index contributed by atoms with van der Waals surface area (Å²) in [5.41, 5.74) is 1.38. The Morgan fingerprint density at radius 2 is 1.90 bits per heavy atom. The zero-order valence-electron chi connectivity index (χ0n) is 16.8. The SMILES string of the molecule is COc1ccc(C)cc1NC(=O)C(C)OC(=O)CCNS(=O)(=O)c1cccc(Cl)c1. The summed E-state index contributed by atoms with van der Waals surface area (Å²) in [4.78, 5) is 24.3. The molecule has 0 saturated heterocycles. The third-order valence-corrected chi connectivity index (χ3v) is 5.71. The maximum absolute atomic E-state index is 12.3. The molecule has 0 heterocycles. The van der Waals surface area contributed by atoms with Crippen molar-refractivity contribution in [3.63, 3.8) is 0 Å². The van der Waals surface area contributed by atoms with Crippen LogP contribution in [0.1, 0.15) is 18.9 Å². The predicted octanol–water partition coefficient (Wildman–Crippen LogP) is 2.90. The van der Waals surface area contributed by atoms with Gasteiger partial charge in [0, 0.05) is 11.6 Å². The van der Waals surface area contributed by atoms with Gasteiger partial charge in [-0.1, -0.05) is 23.7 Å². The second-order valence-corrected chi connectivity index (χ2v) is 8.63. The van der Waals surface area contributed by atoms with Gasteiger partial charge in [-0.3, -0.25) is 9.59 Å². The van der Waals surface area contributed by atoms with Crippen LogP contribution in [0.25, 0.3) is 0 Å². The molecule has 162 valence electrons. The van der Waals surface area contributed by atoms with Gasteiger partial charge in [-0.05, 0) is 49.7 Å². The third kappa shape index (κ3) is 6.72. The second kappa shape index (κ2) is 10.4. The molecule has 0 aliphatic rings. The largest absolute Gasteiger partial charge is 0.495 e. The first kappa shape index (κ1) is 23.7. The van der Waals surface area contributed by atoms with E-state index in [0.29, 0.717) is 11.4 Å². The first-order chi connectivity index (χ1) is 14.1. The summed E-state index contributed by atoms with van der Waals surface area (Å²) in [5, 5.41) is 2.93. The Morgan fingerprint density at radius 3 is 2.57 bits per heavy atom. The molecule has 1 atom stereocenters. The number of methoxy groups -OCH3 is 1. The first-order valence-electron chi connectivity index (χ1n) is 9.02. The maximum Gasteiger partial charge on any atom is 0.307 e. The van der Waals surface area contributed by atoms with Crippen LogP contribution in [0.5, 0.6) is 5.75 Å². The van der Waals surface area contributed by atoms with E-state index in [4.69, 9.17) is 21.1 Å². The molecule has 0 bridgehead atoms. The molecular weight excluding hydrogens is 432 g/mol. The summed E-state index contributed by atoms with van der Waals surface area (Å²) < 4.78 is 36.9. The Bertz CT molecular complexity index is 1030. The van der Waals surface area contributed by atoms with E-state index in [0.717, 1.165) is 5.56 Å². The van der Waals surface area contributed by atoms with Gasteiger partial charge in [0.15, 0.2) is 6.10 Å². The highest BCUT2D eigenvalue weighted by atomic mass is 35.5. The normalized spacial score (nSPS) is 12.1. The van der Waals surface area contributed by atoms with E-state index in [1.807, 2.05) is 13.0 Å². The minimum atomic E-state index is -3.81. The summed E-state index contributed by atoms with van der Waals surface area (Å²) in [6, 6.07) is 11.0. The van der Waals surface area contributed by atoms with Crippen LogP contribution in [-0.2, 0) is 24.3 Å².